The van der Waals surface area contributed by atoms with Gasteiger partial charge in [-0.2, -0.15) is 13.2 Å². The fourth-order valence-corrected chi connectivity index (χ4v) is 1.76. The van der Waals surface area contributed by atoms with Gasteiger partial charge in [0.2, 0.25) is 6.10 Å². The SMILES string of the molecule is CCOC(=O)C1=Cc2ccccc2O[C@@H]1C(F)(F)F. The summed E-state index contributed by atoms with van der Waals surface area (Å²) in [5.74, 6) is -0.919. The first-order valence-corrected chi connectivity index (χ1v) is 5.64. The normalized spacial score (nSPS) is 18.1. The van der Waals surface area contributed by atoms with Crippen molar-refractivity contribution < 1.29 is 27.4 Å². The van der Waals surface area contributed by atoms with E-state index >= 15 is 0 Å². The minimum absolute atomic E-state index is 0.00238. The van der Waals surface area contributed by atoms with E-state index in [9.17, 15) is 18.0 Å². The summed E-state index contributed by atoms with van der Waals surface area (Å²) in [4.78, 5) is 11.6. The van der Waals surface area contributed by atoms with Crippen LogP contribution >= 0.6 is 0 Å². The smallest absolute Gasteiger partial charge is 0.430 e. The molecule has 0 saturated carbocycles. The van der Waals surface area contributed by atoms with Crippen LogP contribution in [0.5, 0.6) is 5.75 Å². The topological polar surface area (TPSA) is 35.5 Å². The zero-order valence-corrected chi connectivity index (χ0v) is 10.0. The van der Waals surface area contributed by atoms with E-state index < -0.39 is 23.8 Å². The first-order chi connectivity index (χ1) is 8.93. The standard InChI is InChI=1S/C13H11F3O3/c1-2-18-12(17)9-7-8-5-3-4-6-10(8)19-11(9)13(14,15)16/h3-7,11H,2H2,1H3/t11-/m0/s1. The molecule has 102 valence electrons. The van der Waals surface area contributed by atoms with Gasteiger partial charge in [-0.25, -0.2) is 4.79 Å². The van der Waals surface area contributed by atoms with E-state index in [4.69, 9.17) is 4.74 Å². The molecule has 1 aromatic rings. The highest BCUT2D eigenvalue weighted by Gasteiger charge is 2.48. The Kier molecular flexibility index (Phi) is 3.50. The summed E-state index contributed by atoms with van der Waals surface area (Å²) in [5.41, 5.74) is -0.112. The van der Waals surface area contributed by atoms with E-state index in [1.54, 1.807) is 18.2 Å². The quantitative estimate of drug-likeness (QED) is 0.776. The number of hydrogen-bond acceptors (Lipinski definition) is 3. The molecule has 1 aliphatic heterocycles. The molecule has 0 aromatic heterocycles. The summed E-state index contributed by atoms with van der Waals surface area (Å²) in [5, 5.41) is 0. The molecule has 0 spiro atoms. The Morgan fingerprint density at radius 3 is 2.68 bits per heavy atom. The van der Waals surface area contributed by atoms with Crippen LogP contribution in [0.25, 0.3) is 6.08 Å². The minimum Gasteiger partial charge on any atom is -0.475 e. The summed E-state index contributed by atoms with van der Waals surface area (Å²) in [6, 6.07) is 6.21. The van der Waals surface area contributed by atoms with Crippen molar-refractivity contribution in [2.75, 3.05) is 6.61 Å². The molecule has 0 unspecified atom stereocenters. The van der Waals surface area contributed by atoms with Crippen molar-refractivity contribution in [2.45, 2.75) is 19.2 Å². The summed E-state index contributed by atoms with van der Waals surface area (Å²) in [7, 11) is 0. The lowest BCUT2D eigenvalue weighted by atomic mass is 10.0. The van der Waals surface area contributed by atoms with Gasteiger partial charge in [0.05, 0.1) is 12.2 Å². The predicted molar refractivity (Wildman–Crippen MR) is 61.5 cm³/mol. The van der Waals surface area contributed by atoms with Crippen molar-refractivity contribution >= 4 is 12.0 Å². The van der Waals surface area contributed by atoms with Crippen molar-refractivity contribution in [3.63, 3.8) is 0 Å². The fourth-order valence-electron chi connectivity index (χ4n) is 1.76. The maximum Gasteiger partial charge on any atom is 0.430 e. The number of fused-ring (bicyclic) bond motifs is 1. The molecule has 0 saturated heterocycles. The van der Waals surface area contributed by atoms with Crippen LogP contribution in [0.3, 0.4) is 0 Å². The van der Waals surface area contributed by atoms with E-state index in [0.717, 1.165) is 6.08 Å². The molecule has 1 aromatic carbocycles. The Balaban J connectivity index is 2.44. The van der Waals surface area contributed by atoms with Crippen LogP contribution in [0, 0.1) is 0 Å². The Morgan fingerprint density at radius 2 is 2.05 bits per heavy atom. The molecule has 1 aliphatic rings. The second kappa shape index (κ2) is 4.95. The summed E-state index contributed by atoms with van der Waals surface area (Å²) >= 11 is 0. The number of rotatable bonds is 2. The van der Waals surface area contributed by atoms with Gasteiger partial charge in [0.1, 0.15) is 5.75 Å². The molecule has 1 atom stereocenters. The maximum absolute atomic E-state index is 12.9. The lowest BCUT2D eigenvalue weighted by molar-refractivity contribution is -0.187. The van der Waals surface area contributed by atoms with Crippen molar-refractivity contribution in [3.05, 3.63) is 35.4 Å². The first-order valence-electron chi connectivity index (χ1n) is 5.64. The molecule has 0 fully saturated rings. The van der Waals surface area contributed by atoms with Crippen LogP contribution in [-0.4, -0.2) is 24.9 Å². The fraction of sp³-hybridized carbons (Fsp3) is 0.308. The van der Waals surface area contributed by atoms with Crippen LogP contribution in [0.1, 0.15) is 12.5 Å². The molecule has 0 amide bonds. The Hall–Kier alpha value is -1.98. The van der Waals surface area contributed by atoms with E-state index in [1.807, 2.05) is 0 Å². The van der Waals surface area contributed by atoms with Crippen LogP contribution in [0.15, 0.2) is 29.8 Å². The molecule has 0 radical (unpaired) electrons. The van der Waals surface area contributed by atoms with Gasteiger partial charge in [0, 0.05) is 5.56 Å². The van der Waals surface area contributed by atoms with E-state index in [-0.39, 0.29) is 12.4 Å². The lowest BCUT2D eigenvalue weighted by Crippen LogP contribution is -2.40. The summed E-state index contributed by atoms with van der Waals surface area (Å²) in [6.45, 7) is 1.53. The third-order valence-electron chi connectivity index (χ3n) is 2.57. The average Bonchev–Trinajstić information content (AvgIpc) is 2.36. The molecular formula is C13H11F3O3. The second-order valence-electron chi connectivity index (χ2n) is 3.90. The van der Waals surface area contributed by atoms with E-state index in [2.05, 4.69) is 4.74 Å². The zero-order chi connectivity index (χ0) is 14.0. The van der Waals surface area contributed by atoms with Crippen LogP contribution in [0.4, 0.5) is 13.2 Å². The van der Waals surface area contributed by atoms with Gasteiger partial charge < -0.3 is 9.47 Å². The van der Waals surface area contributed by atoms with Gasteiger partial charge in [0.15, 0.2) is 0 Å². The third kappa shape index (κ3) is 2.72. The molecule has 1 heterocycles. The van der Waals surface area contributed by atoms with Gasteiger partial charge >= 0.3 is 12.1 Å². The number of ether oxygens (including phenoxy) is 2. The number of carbonyl (C=O) groups is 1. The van der Waals surface area contributed by atoms with Gasteiger partial charge in [0.25, 0.3) is 0 Å². The number of halogens is 3. The number of alkyl halides is 3. The third-order valence-corrected chi connectivity index (χ3v) is 2.57. The summed E-state index contributed by atoms with van der Waals surface area (Å²) in [6.07, 6.45) is -5.80. The van der Waals surface area contributed by atoms with Crippen LogP contribution in [0.2, 0.25) is 0 Å². The highest BCUT2D eigenvalue weighted by Crippen LogP contribution is 2.37. The first kappa shape index (κ1) is 13.5. The average molecular weight is 272 g/mol. The number of carbonyl (C=O) groups excluding carboxylic acids is 1. The maximum atomic E-state index is 12.9. The van der Waals surface area contributed by atoms with Gasteiger partial charge in [-0.3, -0.25) is 0 Å². The Bertz CT molecular complexity index is 520. The lowest BCUT2D eigenvalue weighted by Gasteiger charge is -2.27. The number of para-hydroxylation sites is 1. The largest absolute Gasteiger partial charge is 0.475 e. The van der Waals surface area contributed by atoms with Crippen molar-refractivity contribution in [3.8, 4) is 5.75 Å². The Morgan fingerprint density at radius 1 is 1.37 bits per heavy atom. The number of benzene rings is 1. The Labute approximate surface area is 107 Å². The monoisotopic (exact) mass is 272 g/mol. The molecule has 6 heteroatoms. The van der Waals surface area contributed by atoms with Gasteiger partial charge in [-0.05, 0) is 19.1 Å². The van der Waals surface area contributed by atoms with Gasteiger partial charge in [-0.15, -0.1) is 0 Å². The second-order valence-corrected chi connectivity index (χ2v) is 3.90. The molecule has 0 aliphatic carbocycles. The van der Waals surface area contributed by atoms with Gasteiger partial charge in [-0.1, -0.05) is 18.2 Å². The summed E-state index contributed by atoms with van der Waals surface area (Å²) < 4.78 is 48.3. The molecule has 2 rings (SSSR count). The zero-order valence-electron chi connectivity index (χ0n) is 10.0. The highest BCUT2D eigenvalue weighted by molar-refractivity contribution is 5.96. The van der Waals surface area contributed by atoms with E-state index in [0.29, 0.717) is 5.56 Å². The van der Waals surface area contributed by atoms with Crippen LogP contribution in [-0.2, 0) is 9.53 Å². The van der Waals surface area contributed by atoms with Crippen LogP contribution < -0.4 is 4.74 Å². The highest BCUT2D eigenvalue weighted by atomic mass is 19.4. The molecule has 0 N–H and O–H groups in total. The molecule has 3 nitrogen and oxygen atoms in total. The molecule has 19 heavy (non-hydrogen) atoms. The minimum atomic E-state index is -4.67. The van der Waals surface area contributed by atoms with E-state index in [1.165, 1.54) is 13.0 Å². The molecule has 0 bridgehead atoms. The van der Waals surface area contributed by atoms with Crippen molar-refractivity contribution in [1.29, 1.82) is 0 Å². The van der Waals surface area contributed by atoms with Crippen molar-refractivity contribution in [2.24, 2.45) is 0 Å². The number of esters is 1. The number of hydrogen-bond donors (Lipinski definition) is 0. The predicted octanol–water partition coefficient (Wildman–Crippen LogP) is 2.96. The van der Waals surface area contributed by atoms with Crippen molar-refractivity contribution in [1.82, 2.24) is 0 Å². The molecular weight excluding hydrogens is 261 g/mol.